The molecular formula is C13H14INO2. The molecule has 0 radical (unpaired) electrons. The normalized spacial score (nSPS) is 10.7. The molecular weight excluding hydrogens is 329 g/mol. The Kier molecular flexibility index (Phi) is 4.04. The fourth-order valence-corrected chi connectivity index (χ4v) is 2.05. The topological polar surface area (TPSA) is 42.1 Å². The van der Waals surface area contributed by atoms with Crippen LogP contribution in [0.2, 0.25) is 0 Å². The molecule has 0 unspecified atom stereocenters. The maximum Gasteiger partial charge on any atom is 0.248 e. The van der Waals surface area contributed by atoms with Gasteiger partial charge < -0.3 is 9.72 Å². The molecule has 1 heterocycles. The van der Waals surface area contributed by atoms with E-state index in [0.29, 0.717) is 0 Å². The van der Waals surface area contributed by atoms with E-state index in [9.17, 15) is 4.79 Å². The Morgan fingerprint density at radius 3 is 2.94 bits per heavy atom. The number of hydrogen-bond donors (Lipinski definition) is 1. The van der Waals surface area contributed by atoms with E-state index >= 15 is 0 Å². The molecule has 4 heteroatoms. The number of rotatable bonds is 4. The van der Waals surface area contributed by atoms with E-state index in [1.165, 1.54) is 0 Å². The largest absolute Gasteiger partial charge is 0.494 e. The molecule has 3 nitrogen and oxygen atoms in total. The SMILES string of the molecule is Cc1cc(=O)[nH]c2ccc(OCCCI)cc12. The van der Waals surface area contributed by atoms with Crippen LogP contribution in [-0.2, 0) is 0 Å². The third kappa shape index (κ3) is 3.00. The summed E-state index contributed by atoms with van der Waals surface area (Å²) in [5.74, 6) is 0.859. The number of benzene rings is 1. The van der Waals surface area contributed by atoms with Gasteiger partial charge >= 0.3 is 0 Å². The molecule has 0 saturated heterocycles. The third-order valence-corrected chi connectivity index (χ3v) is 3.33. The van der Waals surface area contributed by atoms with Crippen LogP contribution in [0, 0.1) is 6.92 Å². The zero-order valence-electron chi connectivity index (χ0n) is 9.63. The van der Waals surface area contributed by atoms with Gasteiger partial charge in [0, 0.05) is 21.4 Å². The highest BCUT2D eigenvalue weighted by atomic mass is 127. The van der Waals surface area contributed by atoms with Gasteiger partial charge in [0.1, 0.15) is 5.75 Å². The third-order valence-electron chi connectivity index (χ3n) is 2.57. The predicted molar refractivity (Wildman–Crippen MR) is 78.3 cm³/mol. The Hall–Kier alpha value is -1.04. The van der Waals surface area contributed by atoms with Crippen molar-refractivity contribution in [3.63, 3.8) is 0 Å². The summed E-state index contributed by atoms with van der Waals surface area (Å²) in [5, 5.41) is 1.04. The second-order valence-electron chi connectivity index (χ2n) is 3.91. The van der Waals surface area contributed by atoms with Gasteiger partial charge in [-0.1, -0.05) is 22.6 Å². The van der Waals surface area contributed by atoms with E-state index in [1.54, 1.807) is 6.07 Å². The Morgan fingerprint density at radius 1 is 1.35 bits per heavy atom. The maximum absolute atomic E-state index is 11.3. The molecule has 2 rings (SSSR count). The molecule has 90 valence electrons. The van der Waals surface area contributed by atoms with Crippen LogP contribution in [0.15, 0.2) is 29.1 Å². The van der Waals surface area contributed by atoms with Crippen molar-refractivity contribution in [1.29, 1.82) is 0 Å². The summed E-state index contributed by atoms with van der Waals surface area (Å²) in [5.41, 5.74) is 1.77. The number of H-pyrrole nitrogens is 1. The van der Waals surface area contributed by atoms with E-state index in [2.05, 4.69) is 27.6 Å². The van der Waals surface area contributed by atoms with Crippen LogP contribution >= 0.6 is 22.6 Å². The summed E-state index contributed by atoms with van der Waals surface area (Å²) in [6.45, 7) is 2.67. The fraction of sp³-hybridized carbons (Fsp3) is 0.308. The fourth-order valence-electron chi connectivity index (χ4n) is 1.74. The van der Waals surface area contributed by atoms with Crippen molar-refractivity contribution in [2.45, 2.75) is 13.3 Å². The number of fused-ring (bicyclic) bond motifs is 1. The molecule has 0 aliphatic rings. The number of nitrogens with one attached hydrogen (secondary N) is 1. The summed E-state index contributed by atoms with van der Waals surface area (Å²) in [6, 6.07) is 7.37. The monoisotopic (exact) mass is 343 g/mol. The van der Waals surface area contributed by atoms with E-state index in [0.717, 1.165) is 39.7 Å². The number of halogens is 1. The molecule has 1 aromatic carbocycles. The van der Waals surface area contributed by atoms with Crippen LogP contribution in [0.25, 0.3) is 10.9 Å². The Labute approximate surface area is 113 Å². The summed E-state index contributed by atoms with van der Waals surface area (Å²) >= 11 is 2.33. The van der Waals surface area contributed by atoms with Gasteiger partial charge in [-0.25, -0.2) is 0 Å². The van der Waals surface area contributed by atoms with E-state index in [4.69, 9.17) is 4.74 Å². The number of pyridine rings is 1. The Bertz CT molecular complexity index is 577. The van der Waals surface area contributed by atoms with E-state index < -0.39 is 0 Å². The number of ether oxygens (including phenoxy) is 1. The number of alkyl halides is 1. The molecule has 0 fully saturated rings. The molecule has 0 saturated carbocycles. The molecule has 0 amide bonds. The first kappa shape index (κ1) is 12.4. The Balaban J connectivity index is 2.33. The van der Waals surface area contributed by atoms with Crippen molar-refractivity contribution >= 4 is 33.5 Å². The molecule has 0 aliphatic heterocycles. The van der Waals surface area contributed by atoms with Crippen molar-refractivity contribution in [2.24, 2.45) is 0 Å². The van der Waals surface area contributed by atoms with Crippen LogP contribution in [0.3, 0.4) is 0 Å². The zero-order valence-corrected chi connectivity index (χ0v) is 11.8. The average molecular weight is 343 g/mol. The smallest absolute Gasteiger partial charge is 0.248 e. The molecule has 17 heavy (non-hydrogen) atoms. The van der Waals surface area contributed by atoms with Crippen LogP contribution in [0.5, 0.6) is 5.75 Å². The van der Waals surface area contributed by atoms with Crippen LogP contribution in [-0.4, -0.2) is 16.0 Å². The van der Waals surface area contributed by atoms with Crippen molar-refractivity contribution in [2.75, 3.05) is 11.0 Å². The van der Waals surface area contributed by atoms with Crippen LogP contribution in [0.4, 0.5) is 0 Å². The number of aromatic nitrogens is 1. The summed E-state index contributed by atoms with van der Waals surface area (Å²) in [4.78, 5) is 14.1. The highest BCUT2D eigenvalue weighted by Crippen LogP contribution is 2.21. The molecule has 2 aromatic rings. The van der Waals surface area contributed by atoms with Gasteiger partial charge in [0.15, 0.2) is 0 Å². The lowest BCUT2D eigenvalue weighted by atomic mass is 10.1. The van der Waals surface area contributed by atoms with Crippen molar-refractivity contribution in [3.8, 4) is 5.75 Å². The van der Waals surface area contributed by atoms with E-state index in [1.807, 2.05) is 25.1 Å². The van der Waals surface area contributed by atoms with Crippen LogP contribution in [0.1, 0.15) is 12.0 Å². The maximum atomic E-state index is 11.3. The average Bonchev–Trinajstić information content (AvgIpc) is 2.30. The molecule has 0 aliphatic carbocycles. The van der Waals surface area contributed by atoms with Gasteiger partial charge in [0.05, 0.1) is 6.61 Å². The first-order valence-electron chi connectivity index (χ1n) is 5.53. The lowest BCUT2D eigenvalue weighted by molar-refractivity contribution is 0.320. The van der Waals surface area contributed by atoms with Gasteiger partial charge in [-0.3, -0.25) is 4.79 Å². The number of hydrogen-bond acceptors (Lipinski definition) is 2. The molecule has 0 spiro atoms. The van der Waals surface area contributed by atoms with Gasteiger partial charge in [-0.05, 0) is 37.1 Å². The van der Waals surface area contributed by atoms with Crippen LogP contribution < -0.4 is 10.3 Å². The molecule has 1 aromatic heterocycles. The first-order chi connectivity index (χ1) is 8.20. The summed E-state index contributed by atoms with van der Waals surface area (Å²) < 4.78 is 6.74. The minimum absolute atomic E-state index is 0.0615. The lowest BCUT2D eigenvalue weighted by Crippen LogP contribution is -2.05. The van der Waals surface area contributed by atoms with Gasteiger partial charge in [-0.2, -0.15) is 0 Å². The van der Waals surface area contributed by atoms with Crippen molar-refractivity contribution in [3.05, 3.63) is 40.2 Å². The van der Waals surface area contributed by atoms with Gasteiger partial charge in [-0.15, -0.1) is 0 Å². The second-order valence-corrected chi connectivity index (χ2v) is 4.99. The van der Waals surface area contributed by atoms with Crippen molar-refractivity contribution in [1.82, 2.24) is 4.98 Å². The molecule has 0 atom stereocenters. The second kappa shape index (κ2) is 5.53. The number of aromatic amines is 1. The van der Waals surface area contributed by atoms with E-state index in [-0.39, 0.29) is 5.56 Å². The quantitative estimate of drug-likeness (QED) is 0.527. The minimum Gasteiger partial charge on any atom is -0.494 e. The molecule has 0 bridgehead atoms. The molecule has 1 N–H and O–H groups in total. The summed E-state index contributed by atoms with van der Waals surface area (Å²) in [6.07, 6.45) is 1.04. The zero-order chi connectivity index (χ0) is 12.3. The highest BCUT2D eigenvalue weighted by Gasteiger charge is 2.01. The highest BCUT2D eigenvalue weighted by molar-refractivity contribution is 14.1. The Morgan fingerprint density at radius 2 is 2.18 bits per heavy atom. The first-order valence-corrected chi connectivity index (χ1v) is 7.06. The number of aryl methyl sites for hydroxylation is 1. The van der Waals surface area contributed by atoms with Gasteiger partial charge in [0.2, 0.25) is 5.56 Å². The lowest BCUT2D eigenvalue weighted by Gasteiger charge is -2.07. The van der Waals surface area contributed by atoms with Crippen molar-refractivity contribution < 1.29 is 4.74 Å². The standard InChI is InChI=1S/C13H14INO2/c1-9-7-13(16)15-12-4-3-10(8-11(9)12)17-6-2-5-14/h3-4,7-8H,2,5-6H2,1H3,(H,15,16). The summed E-state index contributed by atoms with van der Waals surface area (Å²) in [7, 11) is 0. The predicted octanol–water partition coefficient (Wildman–Crippen LogP) is 3.04. The van der Waals surface area contributed by atoms with Gasteiger partial charge in [0.25, 0.3) is 0 Å². The minimum atomic E-state index is -0.0615.